The van der Waals surface area contributed by atoms with Crippen molar-refractivity contribution in [3.05, 3.63) is 51.7 Å². The molecule has 24 heavy (non-hydrogen) atoms. The van der Waals surface area contributed by atoms with E-state index in [1.165, 1.54) is 5.56 Å². The van der Waals surface area contributed by atoms with Crippen LogP contribution in [0.25, 0.3) is 0 Å². The van der Waals surface area contributed by atoms with Crippen LogP contribution < -0.4 is 0 Å². The lowest BCUT2D eigenvalue weighted by Gasteiger charge is -2.36. The molecule has 0 aliphatic carbocycles. The van der Waals surface area contributed by atoms with E-state index in [4.69, 9.17) is 11.6 Å². The molecule has 5 nitrogen and oxygen atoms in total. The number of piperazine rings is 1. The molecule has 2 aromatic rings. The Morgan fingerprint density at radius 2 is 2.08 bits per heavy atom. The van der Waals surface area contributed by atoms with Gasteiger partial charge in [-0.1, -0.05) is 23.7 Å². The summed E-state index contributed by atoms with van der Waals surface area (Å²) in [6, 6.07) is 7.66. The monoisotopic (exact) mass is 410 g/mol. The molecule has 1 aliphatic rings. The highest BCUT2D eigenvalue weighted by atomic mass is 79.9. The van der Waals surface area contributed by atoms with Crippen LogP contribution in [0.15, 0.2) is 41.1 Å². The topological polar surface area (TPSA) is 41.4 Å². The lowest BCUT2D eigenvalue weighted by Crippen LogP contribution is -2.49. The van der Waals surface area contributed by atoms with Crippen molar-refractivity contribution in [2.24, 2.45) is 0 Å². The Kier molecular flexibility index (Phi) is 5.58. The highest BCUT2D eigenvalue weighted by Gasteiger charge is 2.26. The lowest BCUT2D eigenvalue weighted by molar-refractivity contribution is -0.136. The van der Waals surface area contributed by atoms with Crippen LogP contribution in [0.2, 0.25) is 5.02 Å². The number of hydrogen-bond acceptors (Lipinski definition) is 3. The van der Waals surface area contributed by atoms with Gasteiger partial charge in [-0.15, -0.1) is 0 Å². The number of nitrogens with zero attached hydrogens (tertiary/aromatic N) is 4. The zero-order valence-corrected chi connectivity index (χ0v) is 15.9. The summed E-state index contributed by atoms with van der Waals surface area (Å²) in [5, 5.41) is 4.97. The molecule has 0 N–H and O–H groups in total. The molecular formula is C17H20BrClN4O. The molecule has 0 spiro atoms. The average Bonchev–Trinajstić information content (AvgIpc) is 3.01. The van der Waals surface area contributed by atoms with E-state index in [-0.39, 0.29) is 11.9 Å². The predicted octanol–water partition coefficient (Wildman–Crippen LogP) is 3.20. The van der Waals surface area contributed by atoms with E-state index < -0.39 is 0 Å². The number of benzene rings is 1. The van der Waals surface area contributed by atoms with Gasteiger partial charge in [0, 0.05) is 43.9 Å². The van der Waals surface area contributed by atoms with Crippen LogP contribution >= 0.6 is 27.5 Å². The molecule has 1 aliphatic heterocycles. The minimum absolute atomic E-state index is 0.119. The van der Waals surface area contributed by atoms with Gasteiger partial charge in [0.15, 0.2) is 0 Å². The molecule has 3 rings (SSSR count). The summed E-state index contributed by atoms with van der Waals surface area (Å²) < 4.78 is 2.58. The van der Waals surface area contributed by atoms with Crippen LogP contribution in [0.5, 0.6) is 0 Å². The molecular weight excluding hydrogens is 392 g/mol. The third-order valence-corrected chi connectivity index (χ3v) is 4.95. The maximum Gasteiger partial charge on any atom is 0.247 e. The number of carbonyl (C=O) groups excluding carboxylic acids is 1. The number of amides is 1. The van der Waals surface area contributed by atoms with Crippen LogP contribution in [0, 0.1) is 0 Å². The van der Waals surface area contributed by atoms with Gasteiger partial charge in [0.2, 0.25) is 5.91 Å². The Morgan fingerprint density at radius 1 is 1.33 bits per heavy atom. The molecule has 0 saturated carbocycles. The third-order valence-electron chi connectivity index (χ3n) is 4.30. The maximum absolute atomic E-state index is 12.6. The summed E-state index contributed by atoms with van der Waals surface area (Å²) in [6.07, 6.45) is 3.53. The van der Waals surface area contributed by atoms with E-state index in [0.29, 0.717) is 0 Å². The molecule has 0 radical (unpaired) electrons. The van der Waals surface area contributed by atoms with Gasteiger partial charge in [0.1, 0.15) is 6.04 Å². The number of hydrogen-bond donors (Lipinski definition) is 0. The largest absolute Gasteiger partial charge is 0.338 e. The van der Waals surface area contributed by atoms with Gasteiger partial charge in [0.05, 0.1) is 10.7 Å². The molecule has 1 saturated heterocycles. The summed E-state index contributed by atoms with van der Waals surface area (Å²) in [5.74, 6) is 0.119. The molecule has 1 atom stereocenters. The van der Waals surface area contributed by atoms with Crippen LogP contribution in [-0.4, -0.2) is 51.7 Å². The summed E-state index contributed by atoms with van der Waals surface area (Å²) in [4.78, 5) is 16.9. The van der Waals surface area contributed by atoms with Gasteiger partial charge in [-0.25, -0.2) is 0 Å². The van der Waals surface area contributed by atoms with Gasteiger partial charge in [-0.3, -0.25) is 14.4 Å². The van der Waals surface area contributed by atoms with Gasteiger partial charge in [0.25, 0.3) is 0 Å². The highest BCUT2D eigenvalue weighted by molar-refractivity contribution is 9.10. The van der Waals surface area contributed by atoms with Crippen molar-refractivity contribution >= 4 is 33.4 Å². The second-order valence-corrected chi connectivity index (χ2v) is 7.40. The van der Waals surface area contributed by atoms with Crippen LogP contribution in [0.1, 0.15) is 18.5 Å². The molecule has 1 unspecified atom stereocenters. The van der Waals surface area contributed by atoms with Crippen LogP contribution in [0.4, 0.5) is 0 Å². The number of rotatable bonds is 4. The van der Waals surface area contributed by atoms with E-state index in [9.17, 15) is 4.79 Å². The lowest BCUT2D eigenvalue weighted by atomic mass is 10.2. The minimum atomic E-state index is -0.282. The Bertz CT molecular complexity index is 712. The van der Waals surface area contributed by atoms with Crippen molar-refractivity contribution < 1.29 is 4.79 Å². The van der Waals surface area contributed by atoms with Crippen LogP contribution in [0.3, 0.4) is 0 Å². The molecule has 2 heterocycles. The summed E-state index contributed by atoms with van der Waals surface area (Å²) >= 11 is 9.40. The van der Waals surface area contributed by atoms with Crippen molar-refractivity contribution in [2.75, 3.05) is 26.2 Å². The Hall–Kier alpha value is -1.37. The molecule has 7 heteroatoms. The first kappa shape index (κ1) is 17.5. The molecule has 1 aromatic carbocycles. The van der Waals surface area contributed by atoms with E-state index in [1.807, 2.05) is 36.2 Å². The van der Waals surface area contributed by atoms with E-state index >= 15 is 0 Å². The fourth-order valence-electron chi connectivity index (χ4n) is 2.92. The predicted molar refractivity (Wildman–Crippen MR) is 97.9 cm³/mol. The molecule has 1 fully saturated rings. The smallest absolute Gasteiger partial charge is 0.247 e. The summed E-state index contributed by atoms with van der Waals surface area (Å²) in [6.45, 7) is 5.98. The summed E-state index contributed by atoms with van der Waals surface area (Å²) in [7, 11) is 0. The fourth-order valence-corrected chi connectivity index (χ4v) is 3.44. The van der Waals surface area contributed by atoms with Gasteiger partial charge in [-0.05, 0) is 40.5 Å². The van der Waals surface area contributed by atoms with Crippen molar-refractivity contribution in [3.63, 3.8) is 0 Å². The summed E-state index contributed by atoms with van der Waals surface area (Å²) in [5.41, 5.74) is 1.21. The second-order valence-electron chi connectivity index (χ2n) is 6.05. The number of aromatic nitrogens is 2. The standard InChI is InChI=1S/C17H20BrClN4O/c1-13(23-12-15(18)10-20-23)17(24)22-7-5-21(6-8-22)11-14-3-2-4-16(19)9-14/h2-4,9-10,12-13H,5-8,11H2,1H3. The zero-order chi connectivity index (χ0) is 17.1. The van der Waals surface area contributed by atoms with Crippen LogP contribution in [-0.2, 0) is 11.3 Å². The molecule has 1 amide bonds. The second kappa shape index (κ2) is 7.68. The quantitative estimate of drug-likeness (QED) is 0.776. The minimum Gasteiger partial charge on any atom is -0.338 e. The first-order valence-electron chi connectivity index (χ1n) is 7.98. The van der Waals surface area contributed by atoms with E-state index in [2.05, 4.69) is 32.0 Å². The first-order valence-corrected chi connectivity index (χ1v) is 9.15. The normalized spacial score (nSPS) is 17.0. The van der Waals surface area contributed by atoms with E-state index in [0.717, 1.165) is 42.2 Å². The molecule has 0 bridgehead atoms. The van der Waals surface area contributed by atoms with Crippen molar-refractivity contribution in [1.82, 2.24) is 19.6 Å². The van der Waals surface area contributed by atoms with Gasteiger partial charge in [-0.2, -0.15) is 5.10 Å². The Balaban J connectivity index is 1.53. The zero-order valence-electron chi connectivity index (χ0n) is 13.5. The Morgan fingerprint density at radius 3 is 2.71 bits per heavy atom. The number of halogens is 2. The van der Waals surface area contributed by atoms with Crippen molar-refractivity contribution in [1.29, 1.82) is 0 Å². The maximum atomic E-state index is 12.6. The van der Waals surface area contributed by atoms with Crippen molar-refractivity contribution in [3.8, 4) is 0 Å². The van der Waals surface area contributed by atoms with Gasteiger partial charge < -0.3 is 4.90 Å². The first-order chi connectivity index (χ1) is 11.5. The average molecular weight is 412 g/mol. The van der Waals surface area contributed by atoms with Crippen molar-refractivity contribution in [2.45, 2.75) is 19.5 Å². The molecule has 128 valence electrons. The third kappa shape index (κ3) is 4.18. The SMILES string of the molecule is CC(C(=O)N1CCN(Cc2cccc(Cl)c2)CC1)n1cc(Br)cn1. The number of carbonyl (C=O) groups is 1. The van der Waals surface area contributed by atoms with Gasteiger partial charge >= 0.3 is 0 Å². The molecule has 1 aromatic heterocycles. The Labute approximate surface area is 155 Å². The fraction of sp³-hybridized carbons (Fsp3) is 0.412. The highest BCUT2D eigenvalue weighted by Crippen LogP contribution is 2.17. The van der Waals surface area contributed by atoms with E-state index in [1.54, 1.807) is 10.9 Å².